The van der Waals surface area contributed by atoms with Crippen LogP contribution in [-0.4, -0.2) is 60.8 Å². The van der Waals surface area contributed by atoms with Gasteiger partial charge in [-0.15, -0.1) is 0 Å². The first-order chi connectivity index (χ1) is 15.6. The lowest BCUT2D eigenvalue weighted by Gasteiger charge is -2.40. The number of nitrogens with one attached hydrogen (secondary N) is 1. The molecule has 2 N–H and O–H groups in total. The minimum Gasteiger partial charge on any atom is -0.395 e. The first kappa shape index (κ1) is 22.7. The lowest BCUT2D eigenvalue weighted by atomic mass is 10.0. The van der Waals surface area contributed by atoms with Gasteiger partial charge in [-0.2, -0.15) is 0 Å². The average Bonchev–Trinajstić information content (AvgIpc) is 3.29. The lowest BCUT2D eigenvalue weighted by molar-refractivity contribution is -0.120. The van der Waals surface area contributed by atoms with Crippen molar-refractivity contribution >= 4 is 11.6 Å². The number of piperidine rings is 1. The third-order valence-corrected chi connectivity index (χ3v) is 6.86. The molecule has 2 saturated heterocycles. The van der Waals surface area contributed by atoms with Crippen LogP contribution in [0.2, 0.25) is 0 Å². The van der Waals surface area contributed by atoms with Gasteiger partial charge in [0.1, 0.15) is 5.82 Å². The number of anilines is 1. The number of hydrogen-bond acceptors (Lipinski definition) is 4. The number of carbonyl (C=O) groups excluding carboxylic acids is 1. The third-order valence-electron chi connectivity index (χ3n) is 6.86. The zero-order valence-corrected chi connectivity index (χ0v) is 18.7. The monoisotopic (exact) mass is 439 g/mol. The normalized spacial score (nSPS) is 19.9. The summed E-state index contributed by atoms with van der Waals surface area (Å²) in [6.07, 6.45) is 5.55. The van der Waals surface area contributed by atoms with Crippen LogP contribution in [0.3, 0.4) is 0 Å². The Morgan fingerprint density at radius 2 is 1.81 bits per heavy atom. The number of carbonyl (C=O) groups is 1. The molecule has 0 saturated carbocycles. The summed E-state index contributed by atoms with van der Waals surface area (Å²) < 4.78 is 13.2. The summed E-state index contributed by atoms with van der Waals surface area (Å²) in [6, 6.07) is 15.7. The van der Waals surface area contributed by atoms with E-state index >= 15 is 0 Å². The van der Waals surface area contributed by atoms with Crippen molar-refractivity contribution < 1.29 is 14.3 Å². The molecule has 2 aliphatic heterocycles. The molecule has 0 aliphatic carbocycles. The molecular formula is C26H34FN3O2. The largest absolute Gasteiger partial charge is 0.395 e. The summed E-state index contributed by atoms with van der Waals surface area (Å²) in [5.74, 6) is -0.262. The molecule has 32 heavy (non-hydrogen) atoms. The van der Waals surface area contributed by atoms with E-state index in [1.807, 2.05) is 18.2 Å². The van der Waals surface area contributed by atoms with E-state index in [0.717, 1.165) is 50.0 Å². The summed E-state index contributed by atoms with van der Waals surface area (Å²) in [4.78, 5) is 17.2. The van der Waals surface area contributed by atoms with Crippen LogP contribution >= 0.6 is 0 Å². The molecule has 2 aliphatic rings. The van der Waals surface area contributed by atoms with Gasteiger partial charge < -0.3 is 15.3 Å². The number of rotatable bonds is 8. The van der Waals surface area contributed by atoms with Crippen molar-refractivity contribution in [2.45, 2.75) is 50.6 Å². The van der Waals surface area contributed by atoms with E-state index in [0.29, 0.717) is 31.5 Å². The molecule has 4 rings (SSSR count). The Bertz CT molecular complexity index is 881. The molecule has 6 heteroatoms. The molecule has 2 aromatic rings. The number of aliphatic hydroxyl groups is 1. The molecule has 2 aromatic carbocycles. The van der Waals surface area contributed by atoms with Gasteiger partial charge in [-0.25, -0.2) is 4.39 Å². The number of halogens is 1. The van der Waals surface area contributed by atoms with Crippen LogP contribution in [0.1, 0.15) is 36.8 Å². The second-order valence-electron chi connectivity index (χ2n) is 9.01. The maximum absolute atomic E-state index is 13.2. The Morgan fingerprint density at radius 3 is 2.53 bits per heavy atom. The van der Waals surface area contributed by atoms with Gasteiger partial charge in [0, 0.05) is 37.4 Å². The van der Waals surface area contributed by atoms with Crippen molar-refractivity contribution in [1.82, 2.24) is 10.2 Å². The van der Waals surface area contributed by atoms with Gasteiger partial charge in [0.15, 0.2) is 0 Å². The molecule has 172 valence electrons. The number of amides is 1. The van der Waals surface area contributed by atoms with Gasteiger partial charge in [0.25, 0.3) is 0 Å². The standard InChI is InChI=1S/C26H34FN3O2/c27-22-4-1-3-20(17-22)10-13-28-26(32)18-21-6-8-23(9-7-21)29-15-11-24(12-16-29)30-14-2-5-25(30)19-31/h1,3-4,6-9,17,24-25,31H,2,5,10-16,18-19H2,(H,28,32)/t25-/m0/s1. The van der Waals surface area contributed by atoms with Gasteiger partial charge in [-0.05, 0) is 74.0 Å². The molecule has 0 aromatic heterocycles. The van der Waals surface area contributed by atoms with Crippen molar-refractivity contribution in [2.24, 2.45) is 0 Å². The Labute approximate surface area is 190 Å². The molecule has 2 fully saturated rings. The molecule has 1 atom stereocenters. The van der Waals surface area contributed by atoms with Gasteiger partial charge in [-0.3, -0.25) is 9.69 Å². The number of nitrogens with zero attached hydrogens (tertiary/aromatic N) is 2. The number of aliphatic hydroxyl groups excluding tert-OH is 1. The highest BCUT2D eigenvalue weighted by atomic mass is 19.1. The maximum atomic E-state index is 13.2. The summed E-state index contributed by atoms with van der Waals surface area (Å²) in [5, 5.41) is 12.5. The quantitative estimate of drug-likeness (QED) is 0.664. The lowest BCUT2D eigenvalue weighted by Crippen LogP contribution is -2.47. The van der Waals surface area contributed by atoms with E-state index in [1.165, 1.54) is 24.2 Å². The van der Waals surface area contributed by atoms with Gasteiger partial charge >= 0.3 is 0 Å². The van der Waals surface area contributed by atoms with E-state index in [9.17, 15) is 14.3 Å². The Morgan fingerprint density at radius 1 is 1.03 bits per heavy atom. The van der Waals surface area contributed by atoms with Crippen molar-refractivity contribution in [3.8, 4) is 0 Å². The fourth-order valence-corrected chi connectivity index (χ4v) is 5.10. The molecule has 1 amide bonds. The van der Waals surface area contributed by atoms with Crippen LogP contribution < -0.4 is 10.2 Å². The highest BCUT2D eigenvalue weighted by molar-refractivity contribution is 5.78. The van der Waals surface area contributed by atoms with Gasteiger partial charge in [-0.1, -0.05) is 24.3 Å². The molecule has 0 spiro atoms. The molecule has 2 heterocycles. The predicted molar refractivity (Wildman–Crippen MR) is 125 cm³/mol. The Hall–Kier alpha value is -2.44. The number of benzene rings is 2. The van der Waals surface area contributed by atoms with Crippen LogP contribution in [0.5, 0.6) is 0 Å². The zero-order valence-electron chi connectivity index (χ0n) is 18.7. The minimum atomic E-state index is -0.247. The summed E-state index contributed by atoms with van der Waals surface area (Å²) in [6.45, 7) is 3.96. The summed E-state index contributed by atoms with van der Waals surface area (Å²) in [5.41, 5.74) is 3.09. The van der Waals surface area contributed by atoms with Crippen molar-refractivity contribution in [1.29, 1.82) is 0 Å². The van der Waals surface area contributed by atoms with E-state index in [2.05, 4.69) is 27.2 Å². The number of hydrogen-bond donors (Lipinski definition) is 2. The highest BCUT2D eigenvalue weighted by Gasteiger charge is 2.32. The molecule has 0 bridgehead atoms. The topological polar surface area (TPSA) is 55.8 Å². The fraction of sp³-hybridized carbons (Fsp3) is 0.500. The minimum absolute atomic E-state index is 0.0148. The van der Waals surface area contributed by atoms with Crippen LogP contribution in [0, 0.1) is 5.82 Å². The third kappa shape index (κ3) is 5.87. The van der Waals surface area contributed by atoms with E-state index in [4.69, 9.17) is 0 Å². The smallest absolute Gasteiger partial charge is 0.224 e. The first-order valence-corrected chi connectivity index (χ1v) is 11.8. The van der Waals surface area contributed by atoms with Crippen molar-refractivity contribution in [3.63, 3.8) is 0 Å². The van der Waals surface area contributed by atoms with E-state index in [-0.39, 0.29) is 18.3 Å². The van der Waals surface area contributed by atoms with Crippen LogP contribution in [0.4, 0.5) is 10.1 Å². The van der Waals surface area contributed by atoms with Crippen LogP contribution in [0.25, 0.3) is 0 Å². The maximum Gasteiger partial charge on any atom is 0.224 e. The van der Waals surface area contributed by atoms with Crippen molar-refractivity contribution in [2.75, 3.05) is 37.7 Å². The Balaban J connectivity index is 1.21. The van der Waals surface area contributed by atoms with E-state index < -0.39 is 0 Å². The second kappa shape index (κ2) is 10.9. The Kier molecular flexibility index (Phi) is 7.76. The SMILES string of the molecule is O=C(Cc1ccc(N2CCC(N3CCC[C@H]3CO)CC2)cc1)NCCc1cccc(F)c1. The number of likely N-dealkylation sites (tertiary alicyclic amines) is 1. The fourth-order valence-electron chi connectivity index (χ4n) is 5.10. The molecule has 0 unspecified atom stereocenters. The van der Waals surface area contributed by atoms with Gasteiger partial charge in [0.2, 0.25) is 5.91 Å². The second-order valence-corrected chi connectivity index (χ2v) is 9.01. The summed E-state index contributed by atoms with van der Waals surface area (Å²) >= 11 is 0. The highest BCUT2D eigenvalue weighted by Crippen LogP contribution is 2.28. The summed E-state index contributed by atoms with van der Waals surface area (Å²) in [7, 11) is 0. The zero-order chi connectivity index (χ0) is 22.3. The molecule has 0 radical (unpaired) electrons. The molecule has 5 nitrogen and oxygen atoms in total. The van der Waals surface area contributed by atoms with Crippen LogP contribution in [0.15, 0.2) is 48.5 Å². The van der Waals surface area contributed by atoms with E-state index in [1.54, 1.807) is 6.07 Å². The predicted octanol–water partition coefficient (Wildman–Crippen LogP) is 3.15. The average molecular weight is 440 g/mol. The van der Waals surface area contributed by atoms with Crippen molar-refractivity contribution in [3.05, 3.63) is 65.5 Å². The first-order valence-electron chi connectivity index (χ1n) is 11.8. The van der Waals surface area contributed by atoms with Gasteiger partial charge in [0.05, 0.1) is 13.0 Å². The molecular weight excluding hydrogens is 405 g/mol. The van der Waals surface area contributed by atoms with Crippen LogP contribution in [-0.2, 0) is 17.6 Å².